The molecule has 6 nitrogen and oxygen atoms in total. The smallest absolute Gasteiger partial charge is 0.241 e. The number of carbonyl (C=O) groups is 1. The van der Waals surface area contributed by atoms with Crippen molar-refractivity contribution in [2.45, 2.75) is 26.3 Å². The number of rotatable bonds is 4. The Labute approximate surface area is 135 Å². The molecule has 1 unspecified atom stereocenters. The summed E-state index contributed by atoms with van der Waals surface area (Å²) in [5.41, 5.74) is 2.13. The van der Waals surface area contributed by atoms with Crippen LogP contribution in [0.15, 0.2) is 28.8 Å². The van der Waals surface area contributed by atoms with Crippen molar-refractivity contribution in [2.75, 3.05) is 20.1 Å². The van der Waals surface area contributed by atoms with E-state index >= 15 is 0 Å². The molecular formula is C17H22N4O2. The Morgan fingerprint density at radius 1 is 1.48 bits per heavy atom. The summed E-state index contributed by atoms with van der Waals surface area (Å²) in [6.45, 7) is 4.32. The van der Waals surface area contributed by atoms with E-state index in [1.807, 2.05) is 31.2 Å². The molecule has 0 aliphatic carbocycles. The molecule has 23 heavy (non-hydrogen) atoms. The van der Waals surface area contributed by atoms with Gasteiger partial charge in [-0.25, -0.2) is 0 Å². The number of piperidine rings is 1. The fourth-order valence-electron chi connectivity index (χ4n) is 3.03. The zero-order valence-electron chi connectivity index (χ0n) is 13.6. The van der Waals surface area contributed by atoms with Gasteiger partial charge in [0.2, 0.25) is 17.6 Å². The minimum absolute atomic E-state index is 0.0490. The minimum Gasteiger partial charge on any atom is -0.359 e. The fraction of sp³-hybridized carbons (Fsp3) is 0.471. The van der Waals surface area contributed by atoms with Gasteiger partial charge in [0.1, 0.15) is 0 Å². The van der Waals surface area contributed by atoms with Gasteiger partial charge in [0, 0.05) is 19.2 Å². The second-order valence-electron chi connectivity index (χ2n) is 6.07. The molecule has 3 rings (SSSR count). The van der Waals surface area contributed by atoms with Gasteiger partial charge in [0.05, 0.1) is 12.5 Å². The Hall–Kier alpha value is -2.21. The van der Waals surface area contributed by atoms with Crippen molar-refractivity contribution in [3.8, 4) is 11.4 Å². The molecule has 1 aromatic carbocycles. The Kier molecular flexibility index (Phi) is 4.71. The Morgan fingerprint density at radius 3 is 3.13 bits per heavy atom. The van der Waals surface area contributed by atoms with Crippen molar-refractivity contribution in [3.63, 3.8) is 0 Å². The zero-order chi connectivity index (χ0) is 16.2. The number of benzene rings is 1. The van der Waals surface area contributed by atoms with Gasteiger partial charge in [-0.3, -0.25) is 9.69 Å². The van der Waals surface area contributed by atoms with E-state index < -0.39 is 0 Å². The molecule has 2 heterocycles. The first kappa shape index (κ1) is 15.7. The highest BCUT2D eigenvalue weighted by Gasteiger charge is 2.26. The van der Waals surface area contributed by atoms with Crippen LogP contribution in [-0.4, -0.2) is 41.1 Å². The van der Waals surface area contributed by atoms with Crippen LogP contribution in [0.5, 0.6) is 0 Å². The van der Waals surface area contributed by atoms with Gasteiger partial charge in [-0.2, -0.15) is 4.98 Å². The van der Waals surface area contributed by atoms with Crippen molar-refractivity contribution in [1.82, 2.24) is 20.4 Å². The SMILES string of the molecule is CNC(=O)C1CCCN(Cc2nc(-c3cccc(C)c3)no2)C1. The summed E-state index contributed by atoms with van der Waals surface area (Å²) in [5.74, 6) is 1.37. The lowest BCUT2D eigenvalue weighted by Gasteiger charge is -2.30. The standard InChI is InChI=1S/C17H22N4O2/c1-12-5-3-6-13(9-12)16-19-15(23-20-16)11-21-8-4-7-14(10-21)17(22)18-2/h3,5-6,9,14H,4,7-8,10-11H2,1-2H3,(H,18,22). The molecule has 6 heteroatoms. The molecule has 0 spiro atoms. The van der Waals surface area contributed by atoms with Crippen LogP contribution in [0.2, 0.25) is 0 Å². The molecule has 0 bridgehead atoms. The highest BCUT2D eigenvalue weighted by molar-refractivity contribution is 5.78. The summed E-state index contributed by atoms with van der Waals surface area (Å²) < 4.78 is 5.38. The number of hydrogen-bond donors (Lipinski definition) is 1. The lowest BCUT2D eigenvalue weighted by molar-refractivity contribution is -0.126. The van der Waals surface area contributed by atoms with Gasteiger partial charge in [0.15, 0.2) is 0 Å². The maximum absolute atomic E-state index is 11.8. The van der Waals surface area contributed by atoms with E-state index in [1.54, 1.807) is 7.05 Å². The third-order valence-corrected chi connectivity index (χ3v) is 4.23. The molecule has 1 N–H and O–H groups in total. The molecule has 1 saturated heterocycles. The molecule has 0 saturated carbocycles. The van der Waals surface area contributed by atoms with Gasteiger partial charge in [-0.05, 0) is 32.4 Å². The summed E-state index contributed by atoms with van der Waals surface area (Å²) in [4.78, 5) is 18.5. The average Bonchev–Trinajstić information content (AvgIpc) is 3.03. The Balaban J connectivity index is 1.66. The van der Waals surface area contributed by atoms with Crippen LogP contribution in [0.25, 0.3) is 11.4 Å². The first-order valence-electron chi connectivity index (χ1n) is 7.99. The third kappa shape index (κ3) is 3.76. The predicted octanol–water partition coefficient (Wildman–Crippen LogP) is 2.00. The Bertz CT molecular complexity index is 683. The normalized spacial score (nSPS) is 18.8. The van der Waals surface area contributed by atoms with E-state index in [2.05, 4.69) is 20.4 Å². The quantitative estimate of drug-likeness (QED) is 0.934. The molecule has 1 amide bonds. The molecule has 0 radical (unpaired) electrons. The number of aromatic nitrogens is 2. The number of likely N-dealkylation sites (tertiary alicyclic amines) is 1. The minimum atomic E-state index is 0.0490. The highest BCUT2D eigenvalue weighted by Crippen LogP contribution is 2.20. The lowest BCUT2D eigenvalue weighted by Crippen LogP contribution is -2.41. The first-order chi connectivity index (χ1) is 11.2. The van der Waals surface area contributed by atoms with Crippen LogP contribution in [-0.2, 0) is 11.3 Å². The van der Waals surface area contributed by atoms with Crippen molar-refractivity contribution in [2.24, 2.45) is 5.92 Å². The van der Waals surface area contributed by atoms with Crippen LogP contribution < -0.4 is 5.32 Å². The van der Waals surface area contributed by atoms with Crippen LogP contribution in [0.3, 0.4) is 0 Å². The largest absolute Gasteiger partial charge is 0.359 e. The molecule has 1 fully saturated rings. The van der Waals surface area contributed by atoms with E-state index in [4.69, 9.17) is 4.52 Å². The molecule has 2 aromatic rings. The van der Waals surface area contributed by atoms with Gasteiger partial charge >= 0.3 is 0 Å². The molecular weight excluding hydrogens is 292 g/mol. The van der Waals surface area contributed by atoms with E-state index in [0.717, 1.165) is 31.5 Å². The maximum atomic E-state index is 11.8. The van der Waals surface area contributed by atoms with Gasteiger partial charge in [-0.1, -0.05) is 28.9 Å². The van der Waals surface area contributed by atoms with E-state index in [1.165, 1.54) is 5.56 Å². The van der Waals surface area contributed by atoms with Crippen LogP contribution in [0.4, 0.5) is 0 Å². The highest BCUT2D eigenvalue weighted by atomic mass is 16.5. The van der Waals surface area contributed by atoms with Crippen molar-refractivity contribution >= 4 is 5.91 Å². The Morgan fingerprint density at radius 2 is 2.35 bits per heavy atom. The number of carbonyl (C=O) groups excluding carboxylic acids is 1. The molecule has 122 valence electrons. The van der Waals surface area contributed by atoms with Crippen LogP contribution in [0.1, 0.15) is 24.3 Å². The number of nitrogens with zero attached hydrogens (tertiary/aromatic N) is 3. The second-order valence-corrected chi connectivity index (χ2v) is 6.07. The van der Waals surface area contributed by atoms with E-state index in [-0.39, 0.29) is 11.8 Å². The molecule has 1 atom stereocenters. The van der Waals surface area contributed by atoms with Crippen LogP contribution >= 0.6 is 0 Å². The van der Waals surface area contributed by atoms with Crippen molar-refractivity contribution in [1.29, 1.82) is 0 Å². The maximum Gasteiger partial charge on any atom is 0.241 e. The first-order valence-corrected chi connectivity index (χ1v) is 7.99. The molecule has 1 aliphatic heterocycles. The third-order valence-electron chi connectivity index (χ3n) is 4.23. The van der Waals surface area contributed by atoms with Gasteiger partial charge in [0.25, 0.3) is 0 Å². The number of nitrogens with one attached hydrogen (secondary N) is 1. The van der Waals surface area contributed by atoms with Crippen molar-refractivity contribution in [3.05, 3.63) is 35.7 Å². The van der Waals surface area contributed by atoms with Gasteiger partial charge in [-0.15, -0.1) is 0 Å². The van der Waals surface area contributed by atoms with Crippen molar-refractivity contribution < 1.29 is 9.32 Å². The summed E-state index contributed by atoms with van der Waals surface area (Å²) in [5, 5.41) is 6.80. The number of amides is 1. The molecule has 1 aliphatic rings. The second kappa shape index (κ2) is 6.91. The van der Waals surface area contributed by atoms with Crippen LogP contribution in [0, 0.1) is 12.8 Å². The average molecular weight is 314 g/mol. The monoisotopic (exact) mass is 314 g/mol. The number of hydrogen-bond acceptors (Lipinski definition) is 5. The zero-order valence-corrected chi connectivity index (χ0v) is 13.6. The lowest BCUT2D eigenvalue weighted by atomic mass is 9.97. The summed E-state index contributed by atoms with van der Waals surface area (Å²) >= 11 is 0. The molecule has 1 aromatic heterocycles. The topological polar surface area (TPSA) is 71.3 Å². The van der Waals surface area contributed by atoms with E-state index in [0.29, 0.717) is 18.3 Å². The summed E-state index contributed by atoms with van der Waals surface area (Å²) in [6, 6.07) is 8.04. The fourth-order valence-corrected chi connectivity index (χ4v) is 3.03. The number of aryl methyl sites for hydroxylation is 1. The predicted molar refractivity (Wildman–Crippen MR) is 86.5 cm³/mol. The summed E-state index contributed by atoms with van der Waals surface area (Å²) in [6.07, 6.45) is 1.95. The summed E-state index contributed by atoms with van der Waals surface area (Å²) in [7, 11) is 1.69. The van der Waals surface area contributed by atoms with Gasteiger partial charge < -0.3 is 9.84 Å². The van der Waals surface area contributed by atoms with E-state index in [9.17, 15) is 4.79 Å².